The van der Waals surface area contributed by atoms with E-state index in [9.17, 15) is 10.1 Å². The number of unbranched alkanes of at least 4 members (excludes halogenated alkanes) is 3. The quantitative estimate of drug-likeness (QED) is 0.247. The predicted octanol–water partition coefficient (Wildman–Crippen LogP) is 5.18. The van der Waals surface area contributed by atoms with Gasteiger partial charge in [-0.05, 0) is 47.0 Å². The highest BCUT2D eigenvalue weighted by atomic mass is 16.6. The Hall–Kier alpha value is -1.82. The fraction of sp³-hybridized carbons (Fsp3) is 0.852. The average Bonchev–Trinajstić information content (AvgIpc) is 3.02. The number of amides is 1. The molecule has 0 spiro atoms. The second kappa shape index (κ2) is 15.3. The van der Waals surface area contributed by atoms with E-state index in [-0.39, 0.29) is 6.61 Å². The van der Waals surface area contributed by atoms with E-state index in [1.54, 1.807) is 18.1 Å². The molecule has 1 saturated heterocycles. The molecule has 1 aliphatic heterocycles. The van der Waals surface area contributed by atoms with Crippen LogP contribution in [0.1, 0.15) is 87.0 Å². The Morgan fingerprint density at radius 2 is 1.69 bits per heavy atom. The summed E-state index contributed by atoms with van der Waals surface area (Å²) in [5.41, 5.74) is -1.27. The van der Waals surface area contributed by atoms with Crippen molar-refractivity contribution in [1.82, 2.24) is 10.2 Å². The number of hydrogen-bond donors (Lipinski definition) is 1. The van der Waals surface area contributed by atoms with Gasteiger partial charge in [-0.2, -0.15) is 5.26 Å². The molecule has 1 amide bonds. The molecule has 35 heavy (non-hydrogen) atoms. The molecule has 1 heterocycles. The Morgan fingerprint density at radius 3 is 2.23 bits per heavy atom. The molecule has 1 fully saturated rings. The van der Waals surface area contributed by atoms with E-state index in [1.165, 1.54) is 0 Å². The van der Waals surface area contributed by atoms with Crippen LogP contribution in [0.5, 0.6) is 0 Å². The molecule has 0 radical (unpaired) electrons. The SMILES string of the molecule is CCCCOC[C@@H]1[C@@H](OCCCC)[C@@](C)(OCCCC)[C@H](/C(C#N)=C/NC)N1C(=O)OC(C)(C)C. The maximum absolute atomic E-state index is 13.7. The van der Waals surface area contributed by atoms with Crippen LogP contribution in [0.15, 0.2) is 11.8 Å². The summed E-state index contributed by atoms with van der Waals surface area (Å²) in [7, 11) is 1.74. The molecule has 0 aromatic heterocycles. The zero-order chi connectivity index (χ0) is 26.5. The van der Waals surface area contributed by atoms with Crippen molar-refractivity contribution >= 4 is 6.09 Å². The second-order valence-electron chi connectivity index (χ2n) is 10.3. The molecule has 1 rings (SSSR count). The zero-order valence-electron chi connectivity index (χ0n) is 23.3. The third-order valence-electron chi connectivity index (χ3n) is 6.06. The molecule has 0 unspecified atom stereocenters. The first-order valence-electron chi connectivity index (χ1n) is 13.2. The maximum atomic E-state index is 13.7. The van der Waals surface area contributed by atoms with Gasteiger partial charge in [0.05, 0.1) is 24.3 Å². The lowest BCUT2D eigenvalue weighted by Crippen LogP contribution is -2.52. The van der Waals surface area contributed by atoms with Gasteiger partial charge in [-0.15, -0.1) is 0 Å². The van der Waals surface area contributed by atoms with Crippen LogP contribution in [0.2, 0.25) is 0 Å². The smallest absolute Gasteiger partial charge is 0.411 e. The van der Waals surface area contributed by atoms with Crippen molar-refractivity contribution in [2.24, 2.45) is 0 Å². The third kappa shape index (κ3) is 8.96. The van der Waals surface area contributed by atoms with Crippen molar-refractivity contribution in [3.05, 3.63) is 11.8 Å². The van der Waals surface area contributed by atoms with Crippen LogP contribution in [0.25, 0.3) is 0 Å². The zero-order valence-corrected chi connectivity index (χ0v) is 23.3. The minimum absolute atomic E-state index is 0.275. The van der Waals surface area contributed by atoms with E-state index in [0.717, 1.165) is 38.5 Å². The predicted molar refractivity (Wildman–Crippen MR) is 138 cm³/mol. The van der Waals surface area contributed by atoms with Crippen molar-refractivity contribution in [3.8, 4) is 6.07 Å². The molecule has 0 bridgehead atoms. The first-order valence-corrected chi connectivity index (χ1v) is 13.2. The van der Waals surface area contributed by atoms with Crippen LogP contribution in [0.3, 0.4) is 0 Å². The molecule has 1 aliphatic rings. The van der Waals surface area contributed by atoms with E-state index >= 15 is 0 Å². The number of nitrogens with one attached hydrogen (secondary N) is 1. The van der Waals surface area contributed by atoms with Gasteiger partial charge >= 0.3 is 6.09 Å². The van der Waals surface area contributed by atoms with Gasteiger partial charge in [0.15, 0.2) is 0 Å². The fourth-order valence-corrected chi connectivity index (χ4v) is 4.34. The van der Waals surface area contributed by atoms with Gasteiger partial charge in [0, 0.05) is 33.1 Å². The van der Waals surface area contributed by atoms with Gasteiger partial charge in [0.25, 0.3) is 0 Å². The van der Waals surface area contributed by atoms with Gasteiger partial charge in [0.1, 0.15) is 23.3 Å². The number of carbonyl (C=O) groups excluding carboxylic acids is 1. The monoisotopic (exact) mass is 495 g/mol. The Morgan fingerprint density at radius 1 is 1.09 bits per heavy atom. The van der Waals surface area contributed by atoms with Crippen LogP contribution in [-0.4, -0.2) is 73.9 Å². The summed E-state index contributed by atoms with van der Waals surface area (Å²) >= 11 is 0. The highest BCUT2D eigenvalue weighted by Crippen LogP contribution is 2.43. The largest absolute Gasteiger partial charge is 0.444 e. The van der Waals surface area contributed by atoms with Crippen molar-refractivity contribution in [2.75, 3.05) is 33.5 Å². The van der Waals surface area contributed by atoms with Crippen molar-refractivity contribution in [3.63, 3.8) is 0 Å². The summed E-state index contributed by atoms with van der Waals surface area (Å²) in [4.78, 5) is 15.3. The van der Waals surface area contributed by atoms with Gasteiger partial charge in [-0.25, -0.2) is 4.79 Å². The molecule has 202 valence electrons. The Labute approximate surface area is 213 Å². The first-order chi connectivity index (χ1) is 16.6. The number of nitriles is 1. The first kappa shape index (κ1) is 31.2. The fourth-order valence-electron chi connectivity index (χ4n) is 4.34. The number of likely N-dealkylation sites (tertiary alicyclic amines) is 1. The minimum Gasteiger partial charge on any atom is -0.444 e. The van der Waals surface area contributed by atoms with Gasteiger partial charge in [-0.3, -0.25) is 4.90 Å². The lowest BCUT2D eigenvalue weighted by Gasteiger charge is -2.37. The number of ether oxygens (including phenoxy) is 4. The average molecular weight is 496 g/mol. The molecule has 1 N–H and O–H groups in total. The summed E-state index contributed by atoms with van der Waals surface area (Å²) in [6.45, 7) is 15.7. The highest BCUT2D eigenvalue weighted by Gasteiger charge is 2.62. The van der Waals surface area contributed by atoms with Crippen LogP contribution in [0, 0.1) is 11.3 Å². The van der Waals surface area contributed by atoms with Crippen molar-refractivity contribution in [1.29, 1.82) is 5.26 Å². The molecule has 4 atom stereocenters. The normalized spacial score (nSPS) is 24.9. The lowest BCUT2D eigenvalue weighted by molar-refractivity contribution is -0.131. The molecule has 0 saturated carbocycles. The number of nitrogens with zero attached hydrogens (tertiary/aromatic N) is 2. The van der Waals surface area contributed by atoms with Crippen LogP contribution in [-0.2, 0) is 18.9 Å². The molecule has 0 aromatic rings. The van der Waals surface area contributed by atoms with Crippen LogP contribution in [0.4, 0.5) is 4.79 Å². The lowest BCUT2D eigenvalue weighted by atomic mass is 9.88. The molecular formula is C27H49N3O5. The standard InChI is InChI=1S/C27H49N3O5/c1-9-12-15-32-20-22-24(33-16-13-10-2)27(7,34-17-14-11-3)23(21(18-28)19-29-8)30(22)25(31)35-26(4,5)6/h19,22-24,29H,9-17,20H2,1-8H3/b21-19+/t22-,23+,24-,27+/m1/s1. The van der Waals surface area contributed by atoms with E-state index in [2.05, 4.69) is 32.2 Å². The Kier molecular flexibility index (Phi) is 13.7. The topological polar surface area (TPSA) is 93.0 Å². The van der Waals surface area contributed by atoms with E-state index in [4.69, 9.17) is 18.9 Å². The third-order valence-corrected chi connectivity index (χ3v) is 6.06. The number of carbonyl (C=O) groups is 1. The van der Waals surface area contributed by atoms with Gasteiger partial charge in [0.2, 0.25) is 0 Å². The molecular weight excluding hydrogens is 446 g/mol. The number of hydrogen-bond acceptors (Lipinski definition) is 7. The van der Waals surface area contributed by atoms with E-state index < -0.39 is 35.5 Å². The van der Waals surface area contributed by atoms with Crippen molar-refractivity contribution < 1.29 is 23.7 Å². The van der Waals surface area contributed by atoms with Crippen LogP contribution < -0.4 is 5.32 Å². The molecule has 0 aliphatic carbocycles. The Bertz CT molecular complexity index is 700. The van der Waals surface area contributed by atoms with E-state index in [0.29, 0.717) is 25.4 Å². The minimum atomic E-state index is -0.961. The van der Waals surface area contributed by atoms with Crippen molar-refractivity contribution in [2.45, 2.75) is 116 Å². The molecule has 8 nitrogen and oxygen atoms in total. The summed E-state index contributed by atoms with van der Waals surface area (Å²) in [5.74, 6) is 0. The summed E-state index contributed by atoms with van der Waals surface area (Å²) in [6, 6.07) is 1.13. The Balaban J connectivity index is 3.62. The summed E-state index contributed by atoms with van der Waals surface area (Å²) in [6.07, 6.45) is 6.30. The summed E-state index contributed by atoms with van der Waals surface area (Å²) < 4.78 is 24.9. The molecule has 0 aromatic carbocycles. The van der Waals surface area contributed by atoms with E-state index in [1.807, 2.05) is 27.7 Å². The molecule has 8 heteroatoms. The second-order valence-corrected chi connectivity index (χ2v) is 10.3. The highest BCUT2D eigenvalue weighted by molar-refractivity contribution is 5.71. The maximum Gasteiger partial charge on any atom is 0.411 e. The van der Waals surface area contributed by atoms with Crippen LogP contribution >= 0.6 is 0 Å². The summed E-state index contributed by atoms with van der Waals surface area (Å²) in [5, 5.41) is 13.1. The van der Waals surface area contributed by atoms with Gasteiger partial charge < -0.3 is 24.3 Å². The van der Waals surface area contributed by atoms with Gasteiger partial charge in [-0.1, -0.05) is 40.0 Å². The number of rotatable bonds is 15.